The van der Waals surface area contributed by atoms with Crippen LogP contribution in [0.25, 0.3) is 0 Å². The molecule has 2 aliphatic heterocycles. The van der Waals surface area contributed by atoms with E-state index in [4.69, 9.17) is 4.74 Å². The predicted molar refractivity (Wildman–Crippen MR) is 97.6 cm³/mol. The van der Waals surface area contributed by atoms with Crippen molar-refractivity contribution in [2.75, 3.05) is 50.8 Å². The normalized spacial score (nSPS) is 20.3. The molecule has 1 aromatic rings. The van der Waals surface area contributed by atoms with Crippen LogP contribution in [0.5, 0.6) is 0 Å². The summed E-state index contributed by atoms with van der Waals surface area (Å²) in [5.41, 5.74) is 0.936. The summed E-state index contributed by atoms with van der Waals surface area (Å²) in [6.07, 6.45) is 3.44. The van der Waals surface area contributed by atoms with Crippen molar-refractivity contribution in [1.29, 1.82) is 0 Å². The third-order valence-electron chi connectivity index (χ3n) is 5.05. The lowest BCUT2D eigenvalue weighted by Gasteiger charge is -2.35. The fourth-order valence-electron chi connectivity index (χ4n) is 3.56. The second kappa shape index (κ2) is 8.27. The molecule has 0 aromatic heterocycles. The van der Waals surface area contributed by atoms with Crippen LogP contribution in [0, 0.1) is 16.0 Å². The van der Waals surface area contributed by atoms with Gasteiger partial charge in [0.25, 0.3) is 5.69 Å². The van der Waals surface area contributed by atoms with Crippen molar-refractivity contribution < 1.29 is 9.66 Å². The van der Waals surface area contributed by atoms with Crippen molar-refractivity contribution in [3.05, 3.63) is 32.8 Å². The number of ether oxygens (including phenoxy) is 1. The lowest BCUT2D eigenvalue weighted by atomic mass is 9.93. The number of anilines is 1. The number of nitro groups is 1. The monoisotopic (exact) mass is 397 g/mol. The summed E-state index contributed by atoms with van der Waals surface area (Å²) < 4.78 is 6.14. The molecule has 24 heavy (non-hydrogen) atoms. The minimum atomic E-state index is -0.287. The maximum Gasteiger partial charge on any atom is 0.293 e. The average Bonchev–Trinajstić information content (AvgIpc) is 2.61. The molecule has 0 radical (unpaired) electrons. The highest BCUT2D eigenvalue weighted by Crippen LogP contribution is 2.34. The Morgan fingerprint density at radius 2 is 1.92 bits per heavy atom. The van der Waals surface area contributed by atoms with Crippen molar-refractivity contribution in [1.82, 2.24) is 4.90 Å². The van der Waals surface area contributed by atoms with Gasteiger partial charge < -0.3 is 9.64 Å². The molecule has 2 aliphatic rings. The summed E-state index contributed by atoms with van der Waals surface area (Å²) in [5.74, 6) is 0.721. The Hall–Kier alpha value is -1.18. The highest BCUT2D eigenvalue weighted by Gasteiger charge is 2.25. The van der Waals surface area contributed by atoms with Gasteiger partial charge in [-0.15, -0.1) is 0 Å². The molecular weight excluding hydrogens is 374 g/mol. The summed E-state index contributed by atoms with van der Waals surface area (Å²) in [4.78, 5) is 15.7. The van der Waals surface area contributed by atoms with Gasteiger partial charge in [0.15, 0.2) is 0 Å². The summed E-state index contributed by atoms with van der Waals surface area (Å²) in [6, 6.07) is 5.34. The Morgan fingerprint density at radius 1 is 1.21 bits per heavy atom. The standard InChI is InChI=1S/C17H24BrN3O3/c18-15-1-2-16(17(13-15)21(22)23)20-7-4-14(5-8-20)3-6-19-9-11-24-12-10-19/h1-2,13-14H,3-12H2. The van der Waals surface area contributed by atoms with Gasteiger partial charge in [0, 0.05) is 36.7 Å². The Kier molecular flexibility index (Phi) is 6.08. The van der Waals surface area contributed by atoms with E-state index in [1.807, 2.05) is 12.1 Å². The van der Waals surface area contributed by atoms with Gasteiger partial charge >= 0.3 is 0 Å². The summed E-state index contributed by atoms with van der Waals surface area (Å²) in [5, 5.41) is 11.3. The fourth-order valence-corrected chi connectivity index (χ4v) is 3.91. The van der Waals surface area contributed by atoms with E-state index in [0.29, 0.717) is 0 Å². The van der Waals surface area contributed by atoms with Crippen molar-refractivity contribution in [3.8, 4) is 0 Å². The molecule has 0 unspecified atom stereocenters. The van der Waals surface area contributed by atoms with E-state index >= 15 is 0 Å². The second-order valence-corrected chi connectivity index (χ2v) is 7.48. The number of hydrogen-bond donors (Lipinski definition) is 0. The maximum absolute atomic E-state index is 11.3. The maximum atomic E-state index is 11.3. The number of halogens is 1. The molecule has 7 heteroatoms. The lowest BCUT2D eigenvalue weighted by Crippen LogP contribution is -2.39. The van der Waals surface area contributed by atoms with Crippen LogP contribution in [0.3, 0.4) is 0 Å². The minimum absolute atomic E-state index is 0.191. The molecule has 0 saturated carbocycles. The molecule has 0 amide bonds. The first kappa shape index (κ1) is 17.6. The van der Waals surface area contributed by atoms with E-state index in [1.54, 1.807) is 6.07 Å². The second-order valence-electron chi connectivity index (χ2n) is 6.56. The first-order valence-corrected chi connectivity index (χ1v) is 9.42. The molecule has 2 saturated heterocycles. The van der Waals surface area contributed by atoms with Crippen LogP contribution in [0.4, 0.5) is 11.4 Å². The van der Waals surface area contributed by atoms with E-state index in [1.165, 1.54) is 6.42 Å². The Labute approximate surface area is 151 Å². The molecule has 0 N–H and O–H groups in total. The molecule has 2 heterocycles. The van der Waals surface area contributed by atoms with E-state index in [0.717, 1.165) is 74.9 Å². The van der Waals surface area contributed by atoms with Crippen LogP contribution >= 0.6 is 15.9 Å². The molecule has 1 aromatic carbocycles. The Morgan fingerprint density at radius 3 is 2.58 bits per heavy atom. The first-order valence-electron chi connectivity index (χ1n) is 8.62. The molecule has 0 bridgehead atoms. The van der Waals surface area contributed by atoms with Crippen LogP contribution in [0.1, 0.15) is 19.3 Å². The Balaban J connectivity index is 1.52. The molecule has 3 rings (SSSR count). The molecule has 0 atom stereocenters. The summed E-state index contributed by atoms with van der Waals surface area (Å²) in [7, 11) is 0. The third kappa shape index (κ3) is 4.46. The number of hydrogen-bond acceptors (Lipinski definition) is 5. The fraction of sp³-hybridized carbons (Fsp3) is 0.647. The quantitative estimate of drug-likeness (QED) is 0.563. The average molecular weight is 398 g/mol. The summed E-state index contributed by atoms with van der Waals surface area (Å²) in [6.45, 7) is 6.74. The summed E-state index contributed by atoms with van der Waals surface area (Å²) >= 11 is 3.32. The minimum Gasteiger partial charge on any atom is -0.379 e. The zero-order valence-electron chi connectivity index (χ0n) is 13.8. The van der Waals surface area contributed by atoms with Gasteiger partial charge in [-0.05, 0) is 43.9 Å². The van der Waals surface area contributed by atoms with E-state index in [9.17, 15) is 10.1 Å². The Bertz CT molecular complexity index is 570. The third-order valence-corrected chi connectivity index (χ3v) is 5.54. The number of benzene rings is 1. The lowest BCUT2D eigenvalue weighted by molar-refractivity contribution is -0.384. The van der Waals surface area contributed by atoms with Gasteiger partial charge in [-0.25, -0.2) is 0 Å². The van der Waals surface area contributed by atoms with Gasteiger partial charge in [-0.3, -0.25) is 15.0 Å². The number of morpholine rings is 1. The van der Waals surface area contributed by atoms with Crippen molar-refractivity contribution >= 4 is 27.3 Å². The van der Waals surface area contributed by atoms with Gasteiger partial charge in [-0.2, -0.15) is 0 Å². The molecule has 132 valence electrons. The van der Waals surface area contributed by atoms with E-state index < -0.39 is 0 Å². The van der Waals surface area contributed by atoms with Crippen LogP contribution in [0.2, 0.25) is 0 Å². The van der Waals surface area contributed by atoms with Crippen molar-refractivity contribution in [3.63, 3.8) is 0 Å². The smallest absolute Gasteiger partial charge is 0.293 e. The molecule has 0 spiro atoms. The van der Waals surface area contributed by atoms with Crippen LogP contribution < -0.4 is 4.90 Å². The zero-order valence-corrected chi connectivity index (χ0v) is 15.4. The van der Waals surface area contributed by atoms with E-state index in [2.05, 4.69) is 25.7 Å². The number of nitrogens with zero attached hydrogens (tertiary/aromatic N) is 3. The van der Waals surface area contributed by atoms with Gasteiger partial charge in [0.1, 0.15) is 5.69 Å². The highest BCUT2D eigenvalue weighted by atomic mass is 79.9. The number of piperidine rings is 1. The van der Waals surface area contributed by atoms with Gasteiger partial charge in [0.05, 0.1) is 18.1 Å². The largest absolute Gasteiger partial charge is 0.379 e. The molecule has 2 fully saturated rings. The van der Waals surface area contributed by atoms with Gasteiger partial charge in [0.2, 0.25) is 0 Å². The number of rotatable bonds is 5. The molecule has 0 aliphatic carbocycles. The molecule has 6 nitrogen and oxygen atoms in total. The van der Waals surface area contributed by atoms with Crippen molar-refractivity contribution in [2.45, 2.75) is 19.3 Å². The first-order chi connectivity index (χ1) is 11.6. The van der Waals surface area contributed by atoms with Gasteiger partial charge in [-0.1, -0.05) is 15.9 Å². The molecular formula is C17H24BrN3O3. The topological polar surface area (TPSA) is 58.9 Å². The predicted octanol–water partition coefficient (Wildman–Crippen LogP) is 3.30. The highest BCUT2D eigenvalue weighted by molar-refractivity contribution is 9.10. The van der Waals surface area contributed by atoms with Crippen LogP contribution in [-0.4, -0.2) is 55.8 Å². The van der Waals surface area contributed by atoms with E-state index in [-0.39, 0.29) is 10.6 Å². The SMILES string of the molecule is O=[N+]([O-])c1cc(Br)ccc1N1CCC(CCN2CCOCC2)CC1. The number of nitro benzene ring substituents is 1. The van der Waals surface area contributed by atoms with Crippen LogP contribution in [0.15, 0.2) is 22.7 Å². The van der Waals surface area contributed by atoms with Crippen molar-refractivity contribution in [2.24, 2.45) is 5.92 Å². The zero-order chi connectivity index (χ0) is 16.9. The van der Waals surface area contributed by atoms with Crippen LogP contribution in [-0.2, 0) is 4.74 Å².